The maximum Gasteiger partial charge on any atom is 0.173 e. The summed E-state index contributed by atoms with van der Waals surface area (Å²) >= 11 is 5.51. The van der Waals surface area contributed by atoms with Gasteiger partial charge in [-0.1, -0.05) is 24.3 Å². The number of hydrogen-bond donors (Lipinski definition) is 1. The zero-order valence-corrected chi connectivity index (χ0v) is 15.8. The van der Waals surface area contributed by atoms with Crippen molar-refractivity contribution in [2.75, 3.05) is 36.9 Å². The van der Waals surface area contributed by atoms with E-state index >= 15 is 0 Å². The highest BCUT2D eigenvalue weighted by Crippen LogP contribution is 2.32. The Morgan fingerprint density at radius 1 is 1.31 bits per heavy atom. The van der Waals surface area contributed by atoms with E-state index in [1.807, 2.05) is 48.3 Å². The molecule has 0 aromatic heterocycles. The van der Waals surface area contributed by atoms with Crippen LogP contribution in [0.3, 0.4) is 0 Å². The van der Waals surface area contributed by atoms with E-state index in [1.54, 1.807) is 6.07 Å². The van der Waals surface area contributed by atoms with Gasteiger partial charge >= 0.3 is 0 Å². The quantitative estimate of drug-likeness (QED) is 0.836. The van der Waals surface area contributed by atoms with Crippen LogP contribution in [0.4, 0.5) is 11.4 Å². The molecule has 2 aromatic rings. The number of benzene rings is 2. The Morgan fingerprint density at radius 3 is 2.81 bits per heavy atom. The fourth-order valence-corrected chi connectivity index (χ4v) is 3.25. The third kappa shape index (κ3) is 3.89. The fraction of sp³-hybridized carbons (Fsp3) is 0.300. The lowest BCUT2D eigenvalue weighted by Crippen LogP contribution is -2.47. The first-order valence-corrected chi connectivity index (χ1v) is 9.05. The second-order valence-corrected chi connectivity index (χ2v) is 6.60. The van der Waals surface area contributed by atoms with Crippen LogP contribution in [0.1, 0.15) is 12.5 Å². The van der Waals surface area contributed by atoms with Gasteiger partial charge < -0.3 is 19.9 Å². The van der Waals surface area contributed by atoms with Crippen LogP contribution in [-0.4, -0.2) is 42.8 Å². The van der Waals surface area contributed by atoms with Crippen LogP contribution in [0, 0.1) is 11.3 Å². The van der Waals surface area contributed by atoms with Gasteiger partial charge in [0, 0.05) is 13.6 Å². The molecule has 0 aliphatic carbocycles. The lowest BCUT2D eigenvalue weighted by molar-refractivity contribution is 0.169. The van der Waals surface area contributed by atoms with E-state index in [1.165, 1.54) is 0 Å². The summed E-state index contributed by atoms with van der Waals surface area (Å²) in [4.78, 5) is 4.27. The monoisotopic (exact) mass is 366 g/mol. The first-order chi connectivity index (χ1) is 12.6. The van der Waals surface area contributed by atoms with E-state index in [2.05, 4.69) is 29.3 Å². The Labute approximate surface area is 159 Å². The van der Waals surface area contributed by atoms with Crippen molar-refractivity contribution in [3.05, 3.63) is 54.1 Å². The van der Waals surface area contributed by atoms with Gasteiger partial charge in [0.05, 0.1) is 30.0 Å². The molecule has 1 aliphatic rings. The van der Waals surface area contributed by atoms with Gasteiger partial charge in [-0.3, -0.25) is 0 Å². The molecule has 0 amide bonds. The van der Waals surface area contributed by atoms with Gasteiger partial charge in [0.1, 0.15) is 17.9 Å². The number of nitriles is 1. The minimum Gasteiger partial charge on any atom is -0.485 e. The summed E-state index contributed by atoms with van der Waals surface area (Å²) in [6, 6.07) is 17.6. The van der Waals surface area contributed by atoms with Gasteiger partial charge in [-0.25, -0.2) is 0 Å². The number of nitrogens with zero attached hydrogens (tertiary/aromatic N) is 3. The second kappa shape index (κ2) is 8.07. The molecule has 6 heteroatoms. The predicted octanol–water partition coefficient (Wildman–Crippen LogP) is 3.47. The van der Waals surface area contributed by atoms with Crippen LogP contribution in [0.5, 0.6) is 5.75 Å². The van der Waals surface area contributed by atoms with E-state index in [0.29, 0.717) is 17.2 Å². The van der Waals surface area contributed by atoms with E-state index in [4.69, 9.17) is 17.0 Å². The molecule has 26 heavy (non-hydrogen) atoms. The Morgan fingerprint density at radius 2 is 2.04 bits per heavy atom. The van der Waals surface area contributed by atoms with Gasteiger partial charge in [0.15, 0.2) is 5.11 Å². The van der Waals surface area contributed by atoms with Gasteiger partial charge in [-0.05, 0) is 43.4 Å². The normalized spacial score (nSPS) is 15.4. The Balaban J connectivity index is 1.65. The number of anilines is 2. The topological polar surface area (TPSA) is 51.5 Å². The van der Waals surface area contributed by atoms with Crippen molar-refractivity contribution < 1.29 is 4.74 Å². The van der Waals surface area contributed by atoms with Crippen LogP contribution in [0.15, 0.2) is 48.5 Å². The zero-order chi connectivity index (χ0) is 18.5. The van der Waals surface area contributed by atoms with Crippen LogP contribution in [-0.2, 0) is 0 Å². The Bertz CT molecular complexity index is 833. The average molecular weight is 366 g/mol. The van der Waals surface area contributed by atoms with E-state index in [9.17, 15) is 5.26 Å². The maximum absolute atomic E-state index is 9.21. The largest absolute Gasteiger partial charge is 0.485 e. The van der Waals surface area contributed by atoms with Crippen LogP contribution >= 0.6 is 12.2 Å². The number of fused-ring (bicyclic) bond motifs is 1. The molecule has 0 spiro atoms. The van der Waals surface area contributed by atoms with Crippen molar-refractivity contribution >= 4 is 28.7 Å². The van der Waals surface area contributed by atoms with Crippen molar-refractivity contribution in [3.63, 3.8) is 0 Å². The van der Waals surface area contributed by atoms with Crippen molar-refractivity contribution in [2.24, 2.45) is 0 Å². The Hall–Kier alpha value is -2.78. The molecule has 0 saturated carbocycles. The molecular formula is C20H22N4OS. The van der Waals surface area contributed by atoms with Crippen molar-refractivity contribution in [2.45, 2.75) is 13.0 Å². The number of hydrogen-bond acceptors (Lipinski definition) is 4. The van der Waals surface area contributed by atoms with Crippen LogP contribution in [0.25, 0.3) is 0 Å². The van der Waals surface area contributed by atoms with Crippen LogP contribution in [0.2, 0.25) is 0 Å². The standard InChI is InChI=1S/C20H22N4OS/c1-3-24-14-16(25-19-11-7-6-10-18(19)24)13-23(2)20(26)22-17-9-5-4-8-15(17)12-21/h4-11,16H,3,13-14H2,1-2H3,(H,22,26)/t16-/m0/s1. The summed E-state index contributed by atoms with van der Waals surface area (Å²) in [6.07, 6.45) is 0.0146. The van der Waals surface area contributed by atoms with E-state index < -0.39 is 0 Å². The number of ether oxygens (including phenoxy) is 1. The second-order valence-electron chi connectivity index (χ2n) is 6.21. The predicted molar refractivity (Wildman–Crippen MR) is 109 cm³/mol. The summed E-state index contributed by atoms with van der Waals surface area (Å²) in [7, 11) is 1.93. The molecule has 0 bridgehead atoms. The molecule has 5 nitrogen and oxygen atoms in total. The highest BCUT2D eigenvalue weighted by Gasteiger charge is 2.26. The van der Waals surface area contributed by atoms with Gasteiger partial charge in [-0.2, -0.15) is 5.26 Å². The summed E-state index contributed by atoms with van der Waals surface area (Å²) in [5.41, 5.74) is 2.43. The first kappa shape index (κ1) is 18.0. The van der Waals surface area contributed by atoms with Crippen LogP contribution < -0.4 is 15.0 Å². The zero-order valence-electron chi connectivity index (χ0n) is 15.0. The molecule has 3 rings (SSSR count). The van der Waals surface area contributed by atoms with E-state index in [-0.39, 0.29) is 6.10 Å². The number of rotatable bonds is 4. The number of likely N-dealkylation sites (N-methyl/N-ethyl adjacent to an activating group) is 2. The number of nitrogens with one attached hydrogen (secondary N) is 1. The number of para-hydroxylation sites is 3. The summed E-state index contributed by atoms with van der Waals surface area (Å²) in [6.45, 7) is 4.55. The third-order valence-electron chi connectivity index (χ3n) is 4.42. The van der Waals surface area contributed by atoms with Crippen molar-refractivity contribution in [1.82, 2.24) is 4.90 Å². The molecular weight excluding hydrogens is 344 g/mol. The average Bonchev–Trinajstić information content (AvgIpc) is 2.67. The molecule has 2 aromatic carbocycles. The number of thiocarbonyl (C=S) groups is 1. The molecule has 0 unspecified atom stereocenters. The molecule has 0 radical (unpaired) electrons. The van der Waals surface area contributed by atoms with Crippen molar-refractivity contribution in [3.8, 4) is 11.8 Å². The molecule has 0 saturated heterocycles. The van der Waals surface area contributed by atoms with Gasteiger partial charge in [0.25, 0.3) is 0 Å². The summed E-state index contributed by atoms with van der Waals surface area (Å²) in [5.74, 6) is 0.910. The first-order valence-electron chi connectivity index (χ1n) is 8.64. The van der Waals surface area contributed by atoms with Gasteiger partial charge in [0.2, 0.25) is 0 Å². The highest BCUT2D eigenvalue weighted by molar-refractivity contribution is 7.80. The molecule has 1 aliphatic heterocycles. The molecule has 0 fully saturated rings. The third-order valence-corrected chi connectivity index (χ3v) is 4.83. The molecule has 1 atom stereocenters. The van der Waals surface area contributed by atoms with E-state index in [0.717, 1.165) is 30.2 Å². The Kier molecular flexibility index (Phi) is 5.59. The summed E-state index contributed by atoms with van der Waals surface area (Å²) < 4.78 is 6.16. The molecule has 1 N–H and O–H groups in total. The smallest absolute Gasteiger partial charge is 0.173 e. The maximum atomic E-state index is 9.21. The SMILES string of the molecule is CCN1C[C@H](CN(C)C(=S)Nc2ccccc2C#N)Oc2ccccc21. The summed E-state index contributed by atoms with van der Waals surface area (Å²) in [5, 5.41) is 12.9. The van der Waals surface area contributed by atoms with Gasteiger partial charge in [-0.15, -0.1) is 0 Å². The molecule has 134 valence electrons. The lowest BCUT2D eigenvalue weighted by atomic mass is 10.2. The lowest BCUT2D eigenvalue weighted by Gasteiger charge is -2.37. The minimum absolute atomic E-state index is 0.0146. The highest BCUT2D eigenvalue weighted by atomic mass is 32.1. The molecule has 1 heterocycles. The fourth-order valence-electron chi connectivity index (χ4n) is 3.06. The minimum atomic E-state index is 0.0146. The van der Waals surface area contributed by atoms with Crippen molar-refractivity contribution in [1.29, 1.82) is 5.26 Å².